The highest BCUT2D eigenvalue weighted by molar-refractivity contribution is 6.30. The van der Waals surface area contributed by atoms with Gasteiger partial charge in [-0.15, -0.1) is 0 Å². The molecule has 26 heavy (non-hydrogen) atoms. The predicted octanol–water partition coefficient (Wildman–Crippen LogP) is 5.21. The number of benzene rings is 2. The lowest BCUT2D eigenvalue weighted by Crippen LogP contribution is -2.36. The van der Waals surface area contributed by atoms with Gasteiger partial charge in [0.05, 0.1) is 6.10 Å². The van der Waals surface area contributed by atoms with Crippen LogP contribution in [0.1, 0.15) is 54.4 Å². The molecule has 2 aromatic rings. The number of aryl methyl sites for hydroxylation is 1. The van der Waals surface area contributed by atoms with Crippen molar-refractivity contribution in [1.29, 1.82) is 0 Å². The summed E-state index contributed by atoms with van der Waals surface area (Å²) in [4.78, 5) is 2.61. The van der Waals surface area contributed by atoms with Gasteiger partial charge in [-0.3, -0.25) is 0 Å². The van der Waals surface area contributed by atoms with E-state index < -0.39 is 0 Å². The van der Waals surface area contributed by atoms with E-state index in [0.717, 1.165) is 36.4 Å². The van der Waals surface area contributed by atoms with Crippen LogP contribution in [0.15, 0.2) is 48.5 Å². The molecule has 0 amide bonds. The summed E-state index contributed by atoms with van der Waals surface area (Å²) in [5.41, 5.74) is 3.80. The maximum Gasteiger partial charge on any atom is 0.0796 e. The largest absolute Gasteiger partial charge is 0.388 e. The lowest BCUT2D eigenvalue weighted by atomic mass is 9.88. The first-order chi connectivity index (χ1) is 12.7. The third-order valence-corrected chi connectivity index (χ3v) is 6.46. The minimum atomic E-state index is -0.377. The lowest BCUT2D eigenvalue weighted by molar-refractivity contribution is 0.117. The molecule has 0 saturated carbocycles. The number of rotatable bonds is 3. The van der Waals surface area contributed by atoms with Crippen LogP contribution in [0.5, 0.6) is 0 Å². The Labute approximate surface area is 161 Å². The molecule has 1 aliphatic carbocycles. The molecule has 1 fully saturated rings. The molecule has 0 aromatic heterocycles. The van der Waals surface area contributed by atoms with Crippen LogP contribution in [-0.4, -0.2) is 29.6 Å². The van der Waals surface area contributed by atoms with Gasteiger partial charge < -0.3 is 10.0 Å². The molecule has 2 aromatic carbocycles. The van der Waals surface area contributed by atoms with Crippen LogP contribution in [0.3, 0.4) is 0 Å². The second-order valence-electron chi connectivity index (χ2n) is 7.98. The van der Waals surface area contributed by atoms with Crippen LogP contribution in [0.4, 0.5) is 0 Å². The molecule has 138 valence electrons. The average Bonchev–Trinajstić information content (AvgIpc) is 2.82. The Hall–Kier alpha value is -1.35. The molecule has 2 aliphatic rings. The van der Waals surface area contributed by atoms with Crippen molar-refractivity contribution in [3.8, 4) is 0 Å². The average molecular weight is 370 g/mol. The number of aliphatic hydroxyl groups excluding tert-OH is 1. The Balaban J connectivity index is 1.33. The number of nitrogens with zero attached hydrogens (tertiary/aromatic N) is 1. The van der Waals surface area contributed by atoms with Gasteiger partial charge in [0.15, 0.2) is 0 Å². The number of halogens is 1. The number of piperidine rings is 1. The van der Waals surface area contributed by atoms with Crippen molar-refractivity contribution in [1.82, 2.24) is 4.90 Å². The first-order valence-corrected chi connectivity index (χ1v) is 10.3. The summed E-state index contributed by atoms with van der Waals surface area (Å²) >= 11 is 6.13. The number of hydrogen-bond acceptors (Lipinski definition) is 2. The van der Waals surface area contributed by atoms with E-state index in [1.807, 2.05) is 12.1 Å². The highest BCUT2D eigenvalue weighted by Gasteiger charge is 2.27. The zero-order valence-corrected chi connectivity index (χ0v) is 16.0. The van der Waals surface area contributed by atoms with Gasteiger partial charge >= 0.3 is 0 Å². The van der Waals surface area contributed by atoms with Crippen molar-refractivity contribution in [2.45, 2.75) is 44.1 Å². The fourth-order valence-electron chi connectivity index (χ4n) is 4.73. The monoisotopic (exact) mass is 369 g/mol. The van der Waals surface area contributed by atoms with Crippen molar-refractivity contribution in [2.24, 2.45) is 5.92 Å². The number of hydrogen-bond donors (Lipinski definition) is 1. The summed E-state index contributed by atoms with van der Waals surface area (Å²) in [6, 6.07) is 16.9. The van der Waals surface area contributed by atoms with E-state index >= 15 is 0 Å². The van der Waals surface area contributed by atoms with Crippen LogP contribution in [0, 0.1) is 5.92 Å². The second kappa shape index (κ2) is 8.12. The molecule has 2 atom stereocenters. The van der Waals surface area contributed by atoms with E-state index in [0.29, 0.717) is 11.8 Å². The zero-order valence-electron chi connectivity index (χ0n) is 15.3. The van der Waals surface area contributed by atoms with Crippen molar-refractivity contribution >= 4 is 11.6 Å². The minimum absolute atomic E-state index is 0.377. The van der Waals surface area contributed by atoms with Gasteiger partial charge in [0.25, 0.3) is 0 Å². The Bertz CT molecular complexity index is 724. The van der Waals surface area contributed by atoms with Gasteiger partial charge in [-0.25, -0.2) is 0 Å². The van der Waals surface area contributed by atoms with E-state index in [2.05, 4.69) is 41.3 Å². The minimum Gasteiger partial charge on any atom is -0.388 e. The Morgan fingerprint density at radius 1 is 1.00 bits per heavy atom. The van der Waals surface area contributed by atoms with Gasteiger partial charge in [0.1, 0.15) is 0 Å². The third kappa shape index (κ3) is 4.14. The molecule has 0 radical (unpaired) electrons. The third-order valence-electron chi connectivity index (χ3n) is 6.22. The van der Waals surface area contributed by atoms with Crippen LogP contribution in [-0.2, 0) is 6.42 Å². The number of aliphatic hydroxyl groups is 1. The van der Waals surface area contributed by atoms with E-state index in [1.54, 1.807) is 0 Å². The fourth-order valence-corrected chi connectivity index (χ4v) is 4.91. The molecular formula is C23H28ClNO. The van der Waals surface area contributed by atoms with Crippen molar-refractivity contribution in [2.75, 3.05) is 19.6 Å². The van der Waals surface area contributed by atoms with E-state index in [9.17, 15) is 5.11 Å². The van der Waals surface area contributed by atoms with Gasteiger partial charge in [-0.2, -0.15) is 0 Å². The fraction of sp³-hybridized carbons (Fsp3) is 0.478. The summed E-state index contributed by atoms with van der Waals surface area (Å²) in [5.74, 6) is 1.27. The maximum absolute atomic E-state index is 10.7. The van der Waals surface area contributed by atoms with Gasteiger partial charge in [0, 0.05) is 11.6 Å². The molecule has 0 bridgehead atoms. The maximum atomic E-state index is 10.7. The molecule has 0 spiro atoms. The van der Waals surface area contributed by atoms with Crippen molar-refractivity contribution < 1.29 is 5.11 Å². The first kappa shape index (κ1) is 18.0. The quantitative estimate of drug-likeness (QED) is 0.751. The summed E-state index contributed by atoms with van der Waals surface area (Å²) in [5, 5.41) is 11.4. The Morgan fingerprint density at radius 3 is 2.54 bits per heavy atom. The van der Waals surface area contributed by atoms with E-state index in [-0.39, 0.29) is 6.10 Å². The number of likely N-dealkylation sites (tertiary alicyclic amines) is 1. The van der Waals surface area contributed by atoms with Crippen LogP contribution >= 0.6 is 11.6 Å². The van der Waals surface area contributed by atoms with Crippen LogP contribution < -0.4 is 0 Å². The Kier molecular flexibility index (Phi) is 5.63. The predicted molar refractivity (Wildman–Crippen MR) is 108 cm³/mol. The topological polar surface area (TPSA) is 23.5 Å². The highest BCUT2D eigenvalue weighted by Crippen LogP contribution is 2.35. The summed E-state index contributed by atoms with van der Waals surface area (Å²) < 4.78 is 0. The van der Waals surface area contributed by atoms with Crippen molar-refractivity contribution in [3.63, 3.8) is 0 Å². The molecule has 1 aliphatic heterocycles. The Morgan fingerprint density at radius 2 is 1.77 bits per heavy atom. The molecule has 2 unspecified atom stereocenters. The molecule has 4 rings (SSSR count). The SMILES string of the molecule is OC1CC(CN2CCC(c3ccccc3)CC2)CCc2ccc(Cl)cc21. The molecule has 1 N–H and O–H groups in total. The summed E-state index contributed by atoms with van der Waals surface area (Å²) in [6.45, 7) is 3.45. The summed E-state index contributed by atoms with van der Waals surface area (Å²) in [6.07, 6.45) is 5.17. The van der Waals surface area contributed by atoms with Gasteiger partial charge in [-0.1, -0.05) is 48.0 Å². The highest BCUT2D eigenvalue weighted by atomic mass is 35.5. The smallest absolute Gasteiger partial charge is 0.0796 e. The second-order valence-corrected chi connectivity index (χ2v) is 8.42. The molecular weight excluding hydrogens is 342 g/mol. The summed E-state index contributed by atoms with van der Waals surface area (Å²) in [7, 11) is 0. The van der Waals surface area contributed by atoms with Gasteiger partial charge in [-0.05, 0) is 85.9 Å². The molecule has 3 heteroatoms. The normalized spacial score (nSPS) is 24.8. The van der Waals surface area contributed by atoms with Crippen LogP contribution in [0.2, 0.25) is 5.02 Å². The van der Waals surface area contributed by atoms with E-state index in [1.165, 1.54) is 37.1 Å². The first-order valence-electron chi connectivity index (χ1n) is 9.92. The lowest BCUT2D eigenvalue weighted by Gasteiger charge is -2.34. The molecule has 1 heterocycles. The van der Waals surface area contributed by atoms with Crippen LogP contribution in [0.25, 0.3) is 0 Å². The molecule has 2 nitrogen and oxygen atoms in total. The standard InChI is InChI=1S/C23H28ClNO/c24-21-9-8-20-7-6-17(14-23(26)22(20)15-21)16-25-12-10-19(11-13-25)18-4-2-1-3-5-18/h1-5,8-9,15,17,19,23,26H,6-7,10-14,16H2. The van der Waals surface area contributed by atoms with Gasteiger partial charge in [0.2, 0.25) is 0 Å². The molecule has 1 saturated heterocycles. The van der Waals surface area contributed by atoms with E-state index in [4.69, 9.17) is 11.6 Å². The zero-order chi connectivity index (χ0) is 17.9. The van der Waals surface area contributed by atoms with Crippen molar-refractivity contribution in [3.05, 3.63) is 70.2 Å². The number of fused-ring (bicyclic) bond motifs is 1.